The molecule has 1 aromatic carbocycles. The molecule has 0 aliphatic carbocycles. The molecule has 0 saturated heterocycles. The van der Waals surface area contributed by atoms with E-state index >= 15 is 0 Å². The molecule has 0 unspecified atom stereocenters. The zero-order valence-corrected chi connectivity index (χ0v) is 20.7. The minimum atomic E-state index is -0.719. The topological polar surface area (TPSA) is 92.3 Å². The number of nitrogens with zero attached hydrogens (tertiary/aromatic N) is 3. The first-order valence-electron chi connectivity index (χ1n) is 12.0. The molecule has 2 aromatic heterocycles. The van der Waals surface area contributed by atoms with Crippen molar-refractivity contribution in [3.63, 3.8) is 0 Å². The second kappa shape index (κ2) is 11.0. The molecule has 2 N–H and O–H groups in total. The summed E-state index contributed by atoms with van der Waals surface area (Å²) >= 11 is 0. The van der Waals surface area contributed by atoms with Gasteiger partial charge in [-0.25, -0.2) is 9.97 Å². The first kappa shape index (κ1) is 25.0. The van der Waals surface area contributed by atoms with E-state index in [1.807, 2.05) is 45.0 Å². The molecule has 3 aromatic rings. The van der Waals surface area contributed by atoms with E-state index < -0.39 is 5.60 Å². The summed E-state index contributed by atoms with van der Waals surface area (Å²) in [5.41, 5.74) is 7.89. The van der Waals surface area contributed by atoms with Crippen molar-refractivity contribution in [2.75, 3.05) is 12.3 Å². The van der Waals surface area contributed by atoms with Crippen LogP contribution in [0.5, 0.6) is 0 Å². The highest BCUT2D eigenvalue weighted by atomic mass is 16.6. The average Bonchev–Trinajstić information content (AvgIpc) is 3.09. The molecule has 7 nitrogen and oxygen atoms in total. The number of fused-ring (bicyclic) bond motifs is 3. The lowest BCUT2D eigenvalue weighted by atomic mass is 10.0. The summed E-state index contributed by atoms with van der Waals surface area (Å²) in [6.07, 6.45) is 4.70. The summed E-state index contributed by atoms with van der Waals surface area (Å²) < 4.78 is 13.7. The predicted molar refractivity (Wildman–Crippen MR) is 133 cm³/mol. The molecule has 180 valence electrons. The van der Waals surface area contributed by atoms with Crippen LogP contribution in [-0.2, 0) is 27.4 Å². The molecule has 0 bridgehead atoms. The number of anilines is 1. The monoisotopic (exact) mass is 454 g/mol. The number of rotatable bonds is 12. The van der Waals surface area contributed by atoms with Crippen molar-refractivity contribution in [2.45, 2.75) is 85.5 Å². The number of carbonyl (C=O) groups excluding carboxylic acids is 1. The zero-order valence-electron chi connectivity index (χ0n) is 20.7. The highest BCUT2D eigenvalue weighted by Gasteiger charge is 2.27. The van der Waals surface area contributed by atoms with Crippen LogP contribution in [0.15, 0.2) is 24.3 Å². The van der Waals surface area contributed by atoms with Gasteiger partial charge in [0, 0.05) is 18.4 Å². The summed E-state index contributed by atoms with van der Waals surface area (Å²) in [5, 5.41) is 0.962. The zero-order chi connectivity index (χ0) is 24.0. The molecule has 0 amide bonds. The molecule has 2 heterocycles. The number of nitrogen functional groups attached to an aromatic ring is 1. The standard InChI is InChI=1S/C26H38N4O3/c1-6-32-16-21-29-23-24(19-13-10-11-14-20(19)28-25(23)27)30(21)17-26(4,5)33-22(31)15-9-7-8-12-18(2)3/h10-11,13-14,18H,6-9,12,15-17H2,1-5H3,(H2,27,28). The molecule has 33 heavy (non-hydrogen) atoms. The van der Waals surface area contributed by atoms with Gasteiger partial charge in [-0.2, -0.15) is 0 Å². The molecule has 3 rings (SSSR count). The number of benzene rings is 1. The maximum Gasteiger partial charge on any atom is 0.306 e. The Morgan fingerprint density at radius 3 is 2.64 bits per heavy atom. The van der Waals surface area contributed by atoms with Gasteiger partial charge < -0.3 is 19.8 Å². The van der Waals surface area contributed by atoms with E-state index in [-0.39, 0.29) is 5.97 Å². The Bertz CT molecular complexity index is 1090. The molecule has 0 fully saturated rings. The summed E-state index contributed by atoms with van der Waals surface area (Å²) in [6.45, 7) is 11.6. The van der Waals surface area contributed by atoms with Gasteiger partial charge in [-0.1, -0.05) is 51.3 Å². The molecule has 0 atom stereocenters. The normalized spacial score (nSPS) is 12.2. The molecule has 0 spiro atoms. The molecule has 0 aliphatic heterocycles. The fourth-order valence-electron chi connectivity index (χ4n) is 4.15. The van der Waals surface area contributed by atoms with E-state index in [0.717, 1.165) is 41.5 Å². The van der Waals surface area contributed by atoms with Crippen molar-refractivity contribution in [1.82, 2.24) is 14.5 Å². The largest absolute Gasteiger partial charge is 0.458 e. The summed E-state index contributed by atoms with van der Waals surface area (Å²) in [5.74, 6) is 1.67. The van der Waals surface area contributed by atoms with Gasteiger partial charge >= 0.3 is 5.97 Å². The number of nitrogens with two attached hydrogens (primary N) is 1. The fraction of sp³-hybridized carbons (Fsp3) is 0.577. The first-order chi connectivity index (χ1) is 15.7. The average molecular weight is 455 g/mol. The van der Waals surface area contributed by atoms with Crippen molar-refractivity contribution in [3.05, 3.63) is 30.1 Å². The quantitative estimate of drug-likeness (QED) is 0.282. The van der Waals surface area contributed by atoms with Gasteiger partial charge in [0.15, 0.2) is 5.82 Å². The first-order valence-corrected chi connectivity index (χ1v) is 12.0. The Morgan fingerprint density at radius 1 is 1.15 bits per heavy atom. The molecule has 7 heteroatoms. The Morgan fingerprint density at radius 2 is 1.91 bits per heavy atom. The van der Waals surface area contributed by atoms with Crippen molar-refractivity contribution in [2.24, 2.45) is 5.92 Å². The Kier molecular flexibility index (Phi) is 8.30. The van der Waals surface area contributed by atoms with Crippen LogP contribution in [0.4, 0.5) is 5.82 Å². The van der Waals surface area contributed by atoms with E-state index in [9.17, 15) is 4.79 Å². The SMILES string of the molecule is CCOCc1nc2c(N)nc3ccccc3c2n1CC(C)(C)OC(=O)CCCCCC(C)C. The lowest BCUT2D eigenvalue weighted by Crippen LogP contribution is -2.34. The van der Waals surface area contributed by atoms with Crippen LogP contribution < -0.4 is 5.73 Å². The lowest BCUT2D eigenvalue weighted by Gasteiger charge is -2.27. The van der Waals surface area contributed by atoms with Crippen molar-refractivity contribution >= 4 is 33.7 Å². The van der Waals surface area contributed by atoms with Crippen LogP contribution >= 0.6 is 0 Å². The highest BCUT2D eigenvalue weighted by molar-refractivity contribution is 6.06. The summed E-state index contributed by atoms with van der Waals surface area (Å²) in [4.78, 5) is 21.8. The van der Waals surface area contributed by atoms with Gasteiger partial charge in [0.1, 0.15) is 23.5 Å². The van der Waals surface area contributed by atoms with Crippen LogP contribution in [0.2, 0.25) is 0 Å². The van der Waals surface area contributed by atoms with E-state index in [1.165, 1.54) is 6.42 Å². The smallest absolute Gasteiger partial charge is 0.306 e. The molecule has 0 saturated carbocycles. The number of para-hydroxylation sites is 1. The van der Waals surface area contributed by atoms with E-state index in [4.69, 9.17) is 20.2 Å². The maximum absolute atomic E-state index is 12.6. The van der Waals surface area contributed by atoms with Crippen LogP contribution in [0.3, 0.4) is 0 Å². The number of unbranched alkanes of at least 4 members (excludes halogenated alkanes) is 2. The third-order valence-corrected chi connectivity index (χ3v) is 5.72. The fourth-order valence-corrected chi connectivity index (χ4v) is 4.15. The minimum absolute atomic E-state index is 0.161. The number of esters is 1. The highest BCUT2D eigenvalue weighted by Crippen LogP contribution is 2.31. The molecular weight excluding hydrogens is 416 g/mol. The van der Waals surface area contributed by atoms with Gasteiger partial charge in [0.25, 0.3) is 0 Å². The Hall–Kier alpha value is -2.67. The Labute approximate surface area is 196 Å². The third-order valence-electron chi connectivity index (χ3n) is 5.72. The molecule has 0 radical (unpaired) electrons. The number of hydrogen-bond donors (Lipinski definition) is 1. The van der Waals surface area contributed by atoms with E-state index in [1.54, 1.807) is 0 Å². The van der Waals surface area contributed by atoms with Crippen LogP contribution in [0.1, 0.15) is 72.5 Å². The second-order valence-corrected chi connectivity index (χ2v) is 9.69. The predicted octanol–water partition coefficient (Wildman–Crippen LogP) is 5.63. The second-order valence-electron chi connectivity index (χ2n) is 9.69. The number of aromatic nitrogens is 3. The van der Waals surface area contributed by atoms with E-state index in [2.05, 4.69) is 23.4 Å². The summed E-state index contributed by atoms with van der Waals surface area (Å²) in [6, 6.07) is 7.87. The van der Waals surface area contributed by atoms with Crippen LogP contribution in [-0.4, -0.2) is 32.7 Å². The lowest BCUT2D eigenvalue weighted by molar-refractivity contribution is -0.157. The van der Waals surface area contributed by atoms with E-state index in [0.29, 0.717) is 43.4 Å². The van der Waals surface area contributed by atoms with Crippen molar-refractivity contribution in [3.8, 4) is 0 Å². The van der Waals surface area contributed by atoms with Gasteiger partial charge in [-0.15, -0.1) is 0 Å². The number of imidazole rings is 1. The number of ether oxygens (including phenoxy) is 2. The number of carbonyl (C=O) groups is 1. The molecular formula is C26H38N4O3. The van der Waals surface area contributed by atoms with Crippen LogP contribution in [0, 0.1) is 5.92 Å². The Balaban J connectivity index is 1.83. The van der Waals surface area contributed by atoms with Gasteiger partial charge in [0.05, 0.1) is 17.6 Å². The van der Waals surface area contributed by atoms with Gasteiger partial charge in [0.2, 0.25) is 0 Å². The number of hydrogen-bond acceptors (Lipinski definition) is 6. The maximum atomic E-state index is 12.6. The third kappa shape index (κ3) is 6.44. The minimum Gasteiger partial charge on any atom is -0.458 e. The van der Waals surface area contributed by atoms with Crippen LogP contribution in [0.25, 0.3) is 21.9 Å². The van der Waals surface area contributed by atoms with Gasteiger partial charge in [-0.05, 0) is 39.2 Å². The van der Waals surface area contributed by atoms with Crippen molar-refractivity contribution in [1.29, 1.82) is 0 Å². The van der Waals surface area contributed by atoms with Crippen molar-refractivity contribution < 1.29 is 14.3 Å². The number of pyridine rings is 1. The molecule has 0 aliphatic rings. The van der Waals surface area contributed by atoms with Gasteiger partial charge in [-0.3, -0.25) is 4.79 Å². The summed E-state index contributed by atoms with van der Waals surface area (Å²) in [7, 11) is 0.